The third-order valence-electron chi connectivity index (χ3n) is 3.80. The Hall–Kier alpha value is -3.02. The SMILES string of the molecule is Cc1ccc(-c2c(OCCOc3ccc(F)cc3)nn(C)c2N)cc1. The van der Waals surface area contributed by atoms with E-state index < -0.39 is 0 Å². The molecule has 6 heteroatoms. The number of ether oxygens (including phenoxy) is 2. The van der Waals surface area contributed by atoms with Gasteiger partial charge in [0.05, 0.1) is 5.56 Å². The minimum absolute atomic E-state index is 0.296. The molecule has 0 aliphatic carbocycles. The molecule has 0 saturated carbocycles. The van der Waals surface area contributed by atoms with Gasteiger partial charge in [0.2, 0.25) is 5.88 Å². The van der Waals surface area contributed by atoms with E-state index in [0.29, 0.717) is 30.7 Å². The summed E-state index contributed by atoms with van der Waals surface area (Å²) >= 11 is 0. The van der Waals surface area contributed by atoms with E-state index in [1.165, 1.54) is 17.7 Å². The smallest absolute Gasteiger partial charge is 0.243 e. The standard InChI is InChI=1S/C19H20FN3O2/c1-13-3-5-14(6-4-13)17-18(21)23(2)22-19(17)25-12-11-24-16-9-7-15(20)8-10-16/h3-10H,11-12,21H2,1-2H3. The molecule has 3 aromatic rings. The fourth-order valence-electron chi connectivity index (χ4n) is 2.43. The second-order valence-electron chi connectivity index (χ2n) is 5.71. The number of hydrogen-bond acceptors (Lipinski definition) is 4. The van der Waals surface area contributed by atoms with Crippen LogP contribution >= 0.6 is 0 Å². The Balaban J connectivity index is 1.67. The molecule has 0 aliphatic heterocycles. The molecule has 0 radical (unpaired) electrons. The molecule has 0 bridgehead atoms. The van der Waals surface area contributed by atoms with Gasteiger partial charge in [-0.25, -0.2) is 9.07 Å². The van der Waals surface area contributed by atoms with Crippen molar-refractivity contribution in [3.8, 4) is 22.8 Å². The van der Waals surface area contributed by atoms with Crippen molar-refractivity contribution in [1.82, 2.24) is 9.78 Å². The fraction of sp³-hybridized carbons (Fsp3) is 0.211. The van der Waals surface area contributed by atoms with E-state index in [0.717, 1.165) is 11.1 Å². The molecule has 0 amide bonds. The van der Waals surface area contributed by atoms with Crippen molar-refractivity contribution in [2.75, 3.05) is 18.9 Å². The van der Waals surface area contributed by atoms with Crippen molar-refractivity contribution in [1.29, 1.82) is 0 Å². The summed E-state index contributed by atoms with van der Waals surface area (Å²) in [7, 11) is 1.77. The van der Waals surface area contributed by atoms with Crippen LogP contribution < -0.4 is 15.2 Å². The minimum Gasteiger partial charge on any atom is -0.490 e. The van der Waals surface area contributed by atoms with E-state index in [-0.39, 0.29) is 5.82 Å². The molecule has 0 fully saturated rings. The van der Waals surface area contributed by atoms with E-state index in [1.807, 2.05) is 31.2 Å². The number of benzene rings is 2. The Bertz CT molecular complexity index is 842. The molecule has 2 N–H and O–H groups in total. The van der Waals surface area contributed by atoms with Gasteiger partial charge in [0.15, 0.2) is 0 Å². The molecule has 1 heterocycles. The van der Waals surface area contributed by atoms with Gasteiger partial charge >= 0.3 is 0 Å². The quantitative estimate of drug-likeness (QED) is 0.696. The van der Waals surface area contributed by atoms with Crippen LogP contribution in [-0.4, -0.2) is 23.0 Å². The van der Waals surface area contributed by atoms with Crippen molar-refractivity contribution in [3.05, 3.63) is 59.9 Å². The van der Waals surface area contributed by atoms with Crippen molar-refractivity contribution in [2.45, 2.75) is 6.92 Å². The average molecular weight is 341 g/mol. The third kappa shape index (κ3) is 3.91. The van der Waals surface area contributed by atoms with Gasteiger partial charge in [-0.1, -0.05) is 29.8 Å². The molecular formula is C19H20FN3O2. The van der Waals surface area contributed by atoms with Crippen molar-refractivity contribution in [3.63, 3.8) is 0 Å². The van der Waals surface area contributed by atoms with Gasteiger partial charge in [-0.05, 0) is 36.8 Å². The number of hydrogen-bond donors (Lipinski definition) is 1. The van der Waals surface area contributed by atoms with Gasteiger partial charge in [0.1, 0.15) is 30.6 Å². The maximum atomic E-state index is 12.9. The first-order valence-electron chi connectivity index (χ1n) is 7.95. The molecule has 5 nitrogen and oxygen atoms in total. The van der Waals surface area contributed by atoms with Crippen LogP contribution in [0.3, 0.4) is 0 Å². The lowest BCUT2D eigenvalue weighted by Crippen LogP contribution is -2.09. The van der Waals surface area contributed by atoms with Crippen LogP contribution in [0.5, 0.6) is 11.6 Å². The molecule has 0 aliphatic rings. The average Bonchev–Trinajstić information content (AvgIpc) is 2.89. The normalized spacial score (nSPS) is 10.7. The highest BCUT2D eigenvalue weighted by atomic mass is 19.1. The number of anilines is 1. The number of aromatic nitrogens is 2. The van der Waals surface area contributed by atoms with E-state index in [9.17, 15) is 4.39 Å². The second kappa shape index (κ2) is 7.25. The van der Waals surface area contributed by atoms with Gasteiger partial charge < -0.3 is 15.2 Å². The van der Waals surface area contributed by atoms with Gasteiger partial charge in [0, 0.05) is 7.05 Å². The maximum Gasteiger partial charge on any atom is 0.243 e. The summed E-state index contributed by atoms with van der Waals surface area (Å²) in [5.74, 6) is 1.30. The Morgan fingerprint density at radius 3 is 2.32 bits per heavy atom. The first-order valence-corrected chi connectivity index (χ1v) is 7.95. The highest BCUT2D eigenvalue weighted by molar-refractivity contribution is 5.79. The third-order valence-corrected chi connectivity index (χ3v) is 3.80. The van der Waals surface area contributed by atoms with Crippen molar-refractivity contribution in [2.24, 2.45) is 7.05 Å². The molecule has 130 valence electrons. The first kappa shape index (κ1) is 16.8. The van der Waals surface area contributed by atoms with Gasteiger partial charge in [-0.3, -0.25) is 0 Å². The van der Waals surface area contributed by atoms with Crippen LogP contribution in [0.15, 0.2) is 48.5 Å². The first-order chi connectivity index (χ1) is 12.0. The molecule has 0 unspecified atom stereocenters. The zero-order valence-corrected chi connectivity index (χ0v) is 14.2. The largest absolute Gasteiger partial charge is 0.490 e. The zero-order chi connectivity index (χ0) is 17.8. The van der Waals surface area contributed by atoms with E-state index >= 15 is 0 Å². The highest BCUT2D eigenvalue weighted by Crippen LogP contribution is 2.34. The number of aryl methyl sites for hydroxylation is 2. The van der Waals surface area contributed by atoms with Gasteiger partial charge in [-0.15, -0.1) is 5.10 Å². The Morgan fingerprint density at radius 2 is 1.64 bits per heavy atom. The number of halogens is 1. The van der Waals surface area contributed by atoms with Crippen LogP contribution in [0.25, 0.3) is 11.1 Å². The summed E-state index contributed by atoms with van der Waals surface area (Å²) in [5.41, 5.74) is 9.02. The highest BCUT2D eigenvalue weighted by Gasteiger charge is 2.17. The summed E-state index contributed by atoms with van der Waals surface area (Å²) in [4.78, 5) is 0. The van der Waals surface area contributed by atoms with Gasteiger partial charge in [0.25, 0.3) is 0 Å². The van der Waals surface area contributed by atoms with Crippen LogP contribution in [0.2, 0.25) is 0 Å². The number of nitrogens with two attached hydrogens (primary N) is 1. The molecule has 0 atom stereocenters. The Labute approximate surface area is 145 Å². The predicted octanol–water partition coefficient (Wildman–Crippen LogP) is 3.57. The lowest BCUT2D eigenvalue weighted by Gasteiger charge is -2.08. The van der Waals surface area contributed by atoms with Crippen molar-refractivity contribution >= 4 is 5.82 Å². The lowest BCUT2D eigenvalue weighted by atomic mass is 10.1. The topological polar surface area (TPSA) is 62.3 Å². The van der Waals surface area contributed by atoms with Crippen molar-refractivity contribution < 1.29 is 13.9 Å². The number of nitrogens with zero attached hydrogens (tertiary/aromatic N) is 2. The predicted molar refractivity (Wildman–Crippen MR) is 95.2 cm³/mol. The summed E-state index contributed by atoms with van der Waals surface area (Å²) in [5, 5.41) is 4.33. The summed E-state index contributed by atoms with van der Waals surface area (Å²) in [6, 6.07) is 13.9. The number of nitrogen functional groups attached to an aromatic ring is 1. The van der Waals surface area contributed by atoms with Crippen LogP contribution in [0.4, 0.5) is 10.2 Å². The molecule has 1 aromatic heterocycles. The Morgan fingerprint density at radius 1 is 1.00 bits per heavy atom. The summed E-state index contributed by atoms with van der Waals surface area (Å²) in [6.45, 7) is 2.64. The van der Waals surface area contributed by atoms with E-state index in [1.54, 1.807) is 23.9 Å². The molecular weight excluding hydrogens is 321 g/mol. The summed E-state index contributed by atoms with van der Waals surface area (Å²) < 4.78 is 25.7. The van der Waals surface area contributed by atoms with Gasteiger partial charge in [-0.2, -0.15) is 0 Å². The minimum atomic E-state index is -0.296. The molecule has 0 spiro atoms. The van der Waals surface area contributed by atoms with Crippen LogP contribution in [0, 0.1) is 12.7 Å². The molecule has 25 heavy (non-hydrogen) atoms. The maximum absolute atomic E-state index is 12.9. The summed E-state index contributed by atoms with van der Waals surface area (Å²) in [6.07, 6.45) is 0. The fourth-order valence-corrected chi connectivity index (χ4v) is 2.43. The van der Waals surface area contributed by atoms with E-state index in [2.05, 4.69) is 5.10 Å². The number of rotatable bonds is 6. The second-order valence-corrected chi connectivity index (χ2v) is 5.71. The van der Waals surface area contributed by atoms with Crippen LogP contribution in [0.1, 0.15) is 5.56 Å². The lowest BCUT2D eigenvalue weighted by molar-refractivity contribution is 0.211. The molecule has 3 rings (SSSR count). The Kier molecular flexibility index (Phi) is 4.88. The van der Waals surface area contributed by atoms with E-state index in [4.69, 9.17) is 15.2 Å². The monoisotopic (exact) mass is 341 g/mol. The molecule has 0 saturated heterocycles. The van der Waals surface area contributed by atoms with Crippen LogP contribution in [-0.2, 0) is 7.05 Å². The molecule has 2 aromatic carbocycles. The zero-order valence-electron chi connectivity index (χ0n) is 14.2.